The normalized spacial score (nSPS) is 23.0. The van der Waals surface area contributed by atoms with Crippen molar-refractivity contribution >= 4 is 40.5 Å². The summed E-state index contributed by atoms with van der Waals surface area (Å²) in [5, 5.41) is 2.76. The number of hydrogen-bond acceptors (Lipinski definition) is 7. The van der Waals surface area contributed by atoms with E-state index >= 15 is 0 Å². The summed E-state index contributed by atoms with van der Waals surface area (Å²) in [4.78, 5) is 57.4. The maximum Gasteiger partial charge on any atom is 0.240 e. The number of carbonyl (C=O) groups excluding carboxylic acids is 4. The summed E-state index contributed by atoms with van der Waals surface area (Å²) in [5.74, 6) is -1.86. The topological polar surface area (TPSA) is 128 Å². The van der Waals surface area contributed by atoms with Gasteiger partial charge in [0.15, 0.2) is 17.3 Å². The number of ether oxygens (including phenoxy) is 2. The van der Waals surface area contributed by atoms with E-state index in [-0.39, 0.29) is 30.3 Å². The molecule has 0 bridgehead atoms. The number of likely N-dealkylation sites (tertiary alicyclic amines) is 1. The molecule has 1 saturated carbocycles. The predicted molar refractivity (Wildman–Crippen MR) is 158 cm³/mol. The van der Waals surface area contributed by atoms with Crippen LogP contribution in [0.3, 0.4) is 0 Å². The van der Waals surface area contributed by atoms with Crippen LogP contribution in [-0.2, 0) is 14.4 Å². The Morgan fingerprint density at radius 2 is 1.64 bits per heavy atom. The molecule has 9 nitrogen and oxygen atoms in total. The number of aryl methyl sites for hydroxylation is 2. The van der Waals surface area contributed by atoms with Gasteiger partial charge in [-0.15, -0.1) is 11.3 Å². The van der Waals surface area contributed by atoms with E-state index in [9.17, 15) is 19.2 Å². The molecule has 0 spiro atoms. The Kier molecular flexibility index (Phi) is 7.26. The molecule has 218 valence electrons. The highest BCUT2D eigenvalue weighted by Gasteiger charge is 2.58. The molecule has 3 N–H and O–H groups in total. The highest BCUT2D eigenvalue weighted by Crippen LogP contribution is 2.54. The fraction of sp³-hybridized carbons (Fsp3) is 0.375. The average molecular weight is 588 g/mol. The third-order valence-corrected chi connectivity index (χ3v) is 9.60. The van der Waals surface area contributed by atoms with Crippen molar-refractivity contribution in [3.63, 3.8) is 0 Å². The van der Waals surface area contributed by atoms with Crippen LogP contribution in [0.1, 0.15) is 69.4 Å². The first kappa shape index (κ1) is 28.0. The molecule has 2 aliphatic heterocycles. The minimum Gasteiger partial charge on any atom is -0.454 e. The number of amides is 3. The van der Waals surface area contributed by atoms with Crippen molar-refractivity contribution in [1.82, 2.24) is 4.90 Å². The second kappa shape index (κ2) is 10.9. The minimum absolute atomic E-state index is 0.0804. The minimum atomic E-state index is -1.06. The summed E-state index contributed by atoms with van der Waals surface area (Å²) in [6, 6.07) is 12.5. The zero-order chi connectivity index (χ0) is 29.7. The number of nitrogens with two attached hydrogens (primary N) is 1. The number of nitrogens with zero attached hydrogens (tertiary/aromatic N) is 1. The molecule has 3 aliphatic rings. The van der Waals surface area contributed by atoms with Crippen LogP contribution in [-0.4, -0.2) is 41.2 Å². The van der Waals surface area contributed by atoms with Gasteiger partial charge in [0.1, 0.15) is 6.04 Å². The SMILES string of the molecule is CC(=O)Nc1ccc(C2C(C(=O)c3cc(C)sc3C)C(c3ccc4c(c3)OCO4)N(C(=O)C3CCC3)C2C(N)=O)cc1. The van der Waals surface area contributed by atoms with E-state index in [0.717, 1.165) is 29.0 Å². The lowest BCUT2D eigenvalue weighted by molar-refractivity contribution is -0.145. The van der Waals surface area contributed by atoms with Gasteiger partial charge in [0, 0.05) is 39.8 Å². The summed E-state index contributed by atoms with van der Waals surface area (Å²) in [6.45, 7) is 5.37. The Bertz CT molecular complexity index is 1580. The molecular weight excluding hydrogens is 554 g/mol. The van der Waals surface area contributed by atoms with E-state index in [4.69, 9.17) is 15.2 Å². The smallest absolute Gasteiger partial charge is 0.240 e. The van der Waals surface area contributed by atoms with Gasteiger partial charge in [-0.3, -0.25) is 19.2 Å². The molecule has 3 heterocycles. The molecule has 2 fully saturated rings. The van der Waals surface area contributed by atoms with Crippen LogP contribution in [0, 0.1) is 25.7 Å². The van der Waals surface area contributed by atoms with Crippen molar-refractivity contribution in [2.24, 2.45) is 17.6 Å². The van der Waals surface area contributed by atoms with E-state index < -0.39 is 29.8 Å². The number of fused-ring (bicyclic) bond motifs is 1. The van der Waals surface area contributed by atoms with E-state index in [1.54, 1.807) is 41.3 Å². The summed E-state index contributed by atoms with van der Waals surface area (Å²) in [7, 11) is 0. The number of nitrogens with one attached hydrogen (secondary N) is 1. The maximum atomic E-state index is 14.7. The number of anilines is 1. The van der Waals surface area contributed by atoms with Gasteiger partial charge in [0.25, 0.3) is 0 Å². The van der Waals surface area contributed by atoms with E-state index in [2.05, 4.69) is 5.32 Å². The molecule has 3 amide bonds. The van der Waals surface area contributed by atoms with E-state index in [1.165, 1.54) is 18.3 Å². The predicted octanol–water partition coefficient (Wildman–Crippen LogP) is 4.87. The lowest BCUT2D eigenvalue weighted by atomic mass is 9.76. The van der Waals surface area contributed by atoms with Crippen molar-refractivity contribution in [1.29, 1.82) is 0 Å². The first-order chi connectivity index (χ1) is 20.1. The Morgan fingerprint density at radius 1 is 0.952 bits per heavy atom. The Labute approximate surface area is 248 Å². The van der Waals surface area contributed by atoms with Gasteiger partial charge in [0.05, 0.1) is 12.0 Å². The third-order valence-electron chi connectivity index (χ3n) is 8.63. The van der Waals surface area contributed by atoms with Crippen LogP contribution in [0.25, 0.3) is 0 Å². The van der Waals surface area contributed by atoms with Crippen LogP contribution in [0.15, 0.2) is 48.5 Å². The average Bonchev–Trinajstić information content (AvgIpc) is 3.61. The van der Waals surface area contributed by atoms with Crippen LogP contribution in [0.5, 0.6) is 11.5 Å². The number of rotatable bonds is 7. The van der Waals surface area contributed by atoms with Crippen molar-refractivity contribution in [2.75, 3.05) is 12.1 Å². The molecule has 42 heavy (non-hydrogen) atoms. The number of primary amides is 1. The van der Waals surface area contributed by atoms with Crippen molar-refractivity contribution in [3.8, 4) is 11.5 Å². The lowest BCUT2D eigenvalue weighted by Crippen LogP contribution is -2.49. The molecule has 1 aromatic heterocycles. The van der Waals surface area contributed by atoms with Gasteiger partial charge in [0.2, 0.25) is 24.5 Å². The van der Waals surface area contributed by atoms with Crippen LogP contribution in [0.4, 0.5) is 5.69 Å². The molecule has 3 aromatic rings. The zero-order valence-corrected chi connectivity index (χ0v) is 24.5. The number of hydrogen-bond donors (Lipinski definition) is 2. The summed E-state index contributed by atoms with van der Waals surface area (Å²) in [6.07, 6.45) is 2.39. The van der Waals surface area contributed by atoms with Crippen molar-refractivity contribution in [3.05, 3.63) is 75.0 Å². The van der Waals surface area contributed by atoms with Crippen molar-refractivity contribution < 1.29 is 28.7 Å². The van der Waals surface area contributed by atoms with E-state index in [1.807, 2.05) is 26.0 Å². The largest absolute Gasteiger partial charge is 0.454 e. The molecule has 6 rings (SSSR count). The Balaban J connectivity index is 1.56. The fourth-order valence-corrected chi connectivity index (χ4v) is 7.50. The van der Waals surface area contributed by atoms with Gasteiger partial charge in [-0.05, 0) is 68.1 Å². The van der Waals surface area contributed by atoms with Crippen LogP contribution in [0.2, 0.25) is 0 Å². The summed E-state index contributed by atoms with van der Waals surface area (Å²) in [5.41, 5.74) is 8.66. The molecule has 4 unspecified atom stereocenters. The molecule has 1 saturated heterocycles. The van der Waals surface area contributed by atoms with Crippen LogP contribution >= 0.6 is 11.3 Å². The molecule has 2 aromatic carbocycles. The molecule has 1 aliphatic carbocycles. The Morgan fingerprint density at radius 3 is 2.24 bits per heavy atom. The zero-order valence-electron chi connectivity index (χ0n) is 23.7. The lowest BCUT2D eigenvalue weighted by Gasteiger charge is -2.36. The standard InChI is InChI=1S/C32H33N3O6S/c1-16-13-23(17(2)42-16)30(37)27-26(19-7-10-22(11-8-19)34-18(3)36)29(31(33)38)35(32(39)20-5-4-6-20)28(27)21-9-12-24-25(14-21)41-15-40-24/h7-14,20,26-29H,4-6,15H2,1-3H3,(H2,33,38)(H,34,36). The van der Waals surface area contributed by atoms with Crippen molar-refractivity contribution in [2.45, 2.75) is 58.0 Å². The monoisotopic (exact) mass is 587 g/mol. The van der Waals surface area contributed by atoms with Gasteiger partial charge in [-0.2, -0.15) is 0 Å². The molecule has 4 atom stereocenters. The van der Waals surface area contributed by atoms with Gasteiger partial charge < -0.3 is 25.4 Å². The van der Waals surface area contributed by atoms with Gasteiger partial charge >= 0.3 is 0 Å². The number of carbonyl (C=O) groups is 4. The molecule has 0 radical (unpaired) electrons. The number of thiophene rings is 1. The number of benzene rings is 2. The first-order valence-corrected chi connectivity index (χ1v) is 15.0. The second-order valence-corrected chi connectivity index (χ2v) is 12.8. The summed E-state index contributed by atoms with van der Waals surface area (Å²) >= 11 is 1.54. The highest BCUT2D eigenvalue weighted by atomic mass is 32.1. The van der Waals surface area contributed by atoms with Crippen LogP contribution < -0.4 is 20.5 Å². The van der Waals surface area contributed by atoms with Gasteiger partial charge in [-0.25, -0.2) is 0 Å². The first-order valence-electron chi connectivity index (χ1n) is 14.1. The third kappa shape index (κ3) is 4.83. The molecule has 10 heteroatoms. The van der Waals surface area contributed by atoms with E-state index in [0.29, 0.717) is 33.9 Å². The van der Waals surface area contributed by atoms with Gasteiger partial charge in [-0.1, -0.05) is 24.6 Å². The fourth-order valence-electron chi connectivity index (χ4n) is 6.57. The Hall–Kier alpha value is -4.18. The number of ketones is 1. The quantitative estimate of drug-likeness (QED) is 0.380. The summed E-state index contributed by atoms with van der Waals surface area (Å²) < 4.78 is 11.2. The highest BCUT2D eigenvalue weighted by molar-refractivity contribution is 7.12. The number of Topliss-reactive ketones (excluding diaryl/α,β-unsaturated/α-hetero) is 1. The maximum absolute atomic E-state index is 14.7. The second-order valence-electron chi connectivity index (χ2n) is 11.3. The molecular formula is C32H33N3O6S.